The second-order valence-corrected chi connectivity index (χ2v) is 7.96. The maximum absolute atomic E-state index is 12.0. The molecular weight excluding hydrogens is 234 g/mol. The fourth-order valence-electron chi connectivity index (χ4n) is 2.32. The lowest BCUT2D eigenvalue weighted by molar-refractivity contribution is 0.482. The summed E-state index contributed by atoms with van der Waals surface area (Å²) in [6, 6.07) is 0. The maximum atomic E-state index is 12.0. The average molecular weight is 261 g/mol. The van der Waals surface area contributed by atoms with E-state index in [0.29, 0.717) is 18.2 Å². The summed E-state index contributed by atoms with van der Waals surface area (Å²) >= 11 is 0. The van der Waals surface area contributed by atoms with E-state index in [9.17, 15) is 8.42 Å². The van der Waals surface area contributed by atoms with Crippen LogP contribution in [0.15, 0.2) is 0 Å². The molecule has 3 nitrogen and oxygen atoms in total. The van der Waals surface area contributed by atoms with Crippen molar-refractivity contribution in [1.82, 2.24) is 5.32 Å². The Balaban J connectivity index is 2.20. The first kappa shape index (κ1) is 15.0. The predicted octanol–water partition coefficient (Wildman–Crippen LogP) is 2.37. The van der Waals surface area contributed by atoms with Gasteiger partial charge in [0.15, 0.2) is 9.84 Å². The molecule has 4 heteroatoms. The Hall–Kier alpha value is -0.0900. The summed E-state index contributed by atoms with van der Waals surface area (Å²) in [4.78, 5) is 0. The van der Waals surface area contributed by atoms with Crippen LogP contribution in [-0.2, 0) is 9.84 Å². The Bertz CT molecular complexity index is 293. The summed E-state index contributed by atoms with van der Waals surface area (Å²) in [5.41, 5.74) is 0. The Kier molecular flexibility index (Phi) is 6.49. The third kappa shape index (κ3) is 5.87. The van der Waals surface area contributed by atoms with Crippen molar-refractivity contribution in [3.05, 3.63) is 0 Å². The van der Waals surface area contributed by atoms with Crippen LogP contribution in [0.4, 0.5) is 0 Å². The highest BCUT2D eigenvalue weighted by Gasteiger charge is 2.26. The SMILES string of the molecule is CC(C)CCNCCS(=O)(=O)C1CCCCC1. The van der Waals surface area contributed by atoms with E-state index in [2.05, 4.69) is 19.2 Å². The van der Waals surface area contributed by atoms with Crippen LogP contribution < -0.4 is 5.32 Å². The van der Waals surface area contributed by atoms with Crippen LogP contribution in [0.25, 0.3) is 0 Å². The van der Waals surface area contributed by atoms with Gasteiger partial charge in [0, 0.05) is 6.54 Å². The molecule has 1 N–H and O–H groups in total. The zero-order chi connectivity index (χ0) is 12.7. The number of hydrogen-bond acceptors (Lipinski definition) is 3. The van der Waals surface area contributed by atoms with Gasteiger partial charge in [-0.05, 0) is 31.7 Å². The van der Waals surface area contributed by atoms with Crippen molar-refractivity contribution in [2.45, 2.75) is 57.6 Å². The van der Waals surface area contributed by atoms with Crippen molar-refractivity contribution < 1.29 is 8.42 Å². The maximum Gasteiger partial charge on any atom is 0.154 e. The lowest BCUT2D eigenvalue weighted by atomic mass is 10.0. The number of rotatable bonds is 7. The monoisotopic (exact) mass is 261 g/mol. The summed E-state index contributed by atoms with van der Waals surface area (Å²) < 4.78 is 24.1. The molecule has 1 saturated carbocycles. The summed E-state index contributed by atoms with van der Waals surface area (Å²) in [6.45, 7) is 5.91. The predicted molar refractivity (Wildman–Crippen MR) is 73.0 cm³/mol. The van der Waals surface area contributed by atoms with Gasteiger partial charge in [0.1, 0.15) is 0 Å². The molecule has 0 atom stereocenters. The van der Waals surface area contributed by atoms with Crippen LogP contribution >= 0.6 is 0 Å². The molecule has 1 aliphatic carbocycles. The van der Waals surface area contributed by atoms with Crippen LogP contribution in [0.2, 0.25) is 0 Å². The number of hydrogen-bond donors (Lipinski definition) is 1. The molecule has 0 aromatic heterocycles. The van der Waals surface area contributed by atoms with Crippen LogP contribution in [0, 0.1) is 5.92 Å². The molecule has 0 saturated heterocycles. The first-order chi connectivity index (χ1) is 8.02. The van der Waals surface area contributed by atoms with Crippen molar-refractivity contribution in [3.8, 4) is 0 Å². The summed E-state index contributed by atoms with van der Waals surface area (Å²) in [5.74, 6) is 0.993. The normalized spacial score (nSPS) is 18.8. The molecule has 0 unspecified atom stereocenters. The lowest BCUT2D eigenvalue weighted by Crippen LogP contribution is -2.32. The zero-order valence-corrected chi connectivity index (χ0v) is 12.1. The Morgan fingerprint density at radius 2 is 1.76 bits per heavy atom. The third-order valence-electron chi connectivity index (χ3n) is 3.52. The van der Waals surface area contributed by atoms with Gasteiger partial charge >= 0.3 is 0 Å². The first-order valence-electron chi connectivity index (χ1n) is 6.94. The Morgan fingerprint density at radius 3 is 2.35 bits per heavy atom. The number of sulfone groups is 1. The van der Waals surface area contributed by atoms with Crippen LogP contribution in [0.3, 0.4) is 0 Å². The van der Waals surface area contributed by atoms with Gasteiger partial charge < -0.3 is 5.32 Å². The van der Waals surface area contributed by atoms with E-state index < -0.39 is 9.84 Å². The Labute approximate surface area is 106 Å². The minimum Gasteiger partial charge on any atom is -0.316 e. The van der Waals surface area contributed by atoms with Gasteiger partial charge in [-0.15, -0.1) is 0 Å². The topological polar surface area (TPSA) is 46.2 Å². The van der Waals surface area contributed by atoms with Crippen LogP contribution in [-0.4, -0.2) is 32.5 Å². The molecule has 1 aliphatic rings. The first-order valence-corrected chi connectivity index (χ1v) is 8.66. The quantitative estimate of drug-likeness (QED) is 0.716. The van der Waals surface area contributed by atoms with Gasteiger partial charge in [0.2, 0.25) is 0 Å². The van der Waals surface area contributed by atoms with E-state index in [0.717, 1.165) is 38.6 Å². The van der Waals surface area contributed by atoms with Gasteiger partial charge in [-0.1, -0.05) is 33.1 Å². The molecule has 0 radical (unpaired) electrons. The van der Waals surface area contributed by atoms with Gasteiger partial charge in [-0.2, -0.15) is 0 Å². The molecule has 1 rings (SSSR count). The smallest absolute Gasteiger partial charge is 0.154 e. The van der Waals surface area contributed by atoms with Crippen molar-refractivity contribution in [2.75, 3.05) is 18.8 Å². The lowest BCUT2D eigenvalue weighted by Gasteiger charge is -2.21. The highest BCUT2D eigenvalue weighted by atomic mass is 32.2. The van der Waals surface area contributed by atoms with E-state index >= 15 is 0 Å². The molecule has 0 aromatic carbocycles. The molecule has 0 heterocycles. The average Bonchev–Trinajstić information content (AvgIpc) is 2.29. The van der Waals surface area contributed by atoms with E-state index in [1.807, 2.05) is 0 Å². The molecule has 0 aromatic rings. The van der Waals surface area contributed by atoms with Crippen molar-refractivity contribution in [2.24, 2.45) is 5.92 Å². The van der Waals surface area contributed by atoms with Gasteiger partial charge in [-0.3, -0.25) is 0 Å². The fourth-order valence-corrected chi connectivity index (χ4v) is 4.13. The highest BCUT2D eigenvalue weighted by Crippen LogP contribution is 2.23. The molecule has 0 aliphatic heterocycles. The van der Waals surface area contributed by atoms with E-state index in [-0.39, 0.29) is 5.25 Å². The Morgan fingerprint density at radius 1 is 1.12 bits per heavy atom. The van der Waals surface area contributed by atoms with Crippen molar-refractivity contribution >= 4 is 9.84 Å². The zero-order valence-electron chi connectivity index (χ0n) is 11.2. The van der Waals surface area contributed by atoms with Crippen LogP contribution in [0.1, 0.15) is 52.4 Å². The summed E-state index contributed by atoms with van der Waals surface area (Å²) in [7, 11) is -2.85. The largest absolute Gasteiger partial charge is 0.316 e. The second-order valence-electron chi connectivity index (χ2n) is 5.56. The van der Waals surface area contributed by atoms with Crippen molar-refractivity contribution in [3.63, 3.8) is 0 Å². The third-order valence-corrected chi connectivity index (χ3v) is 5.78. The molecule has 0 spiro atoms. The highest BCUT2D eigenvalue weighted by molar-refractivity contribution is 7.92. The van der Waals surface area contributed by atoms with Crippen LogP contribution in [0.5, 0.6) is 0 Å². The van der Waals surface area contributed by atoms with Gasteiger partial charge in [0.05, 0.1) is 11.0 Å². The van der Waals surface area contributed by atoms with Gasteiger partial charge in [0.25, 0.3) is 0 Å². The molecule has 0 amide bonds. The van der Waals surface area contributed by atoms with Gasteiger partial charge in [-0.25, -0.2) is 8.42 Å². The molecule has 1 fully saturated rings. The summed E-state index contributed by atoms with van der Waals surface area (Å²) in [5, 5.41) is 3.18. The minimum atomic E-state index is -2.85. The summed E-state index contributed by atoms with van der Waals surface area (Å²) in [6.07, 6.45) is 6.26. The molecule has 17 heavy (non-hydrogen) atoms. The van der Waals surface area contributed by atoms with E-state index in [1.54, 1.807) is 0 Å². The minimum absolute atomic E-state index is 0.0526. The molecule has 102 valence electrons. The molecule has 0 bridgehead atoms. The molecular formula is C13H27NO2S. The standard InChI is InChI=1S/C13H27NO2S/c1-12(2)8-9-14-10-11-17(15,16)13-6-4-3-5-7-13/h12-14H,3-11H2,1-2H3. The van der Waals surface area contributed by atoms with E-state index in [4.69, 9.17) is 0 Å². The number of nitrogens with one attached hydrogen (secondary N) is 1. The second kappa shape index (κ2) is 7.37. The fraction of sp³-hybridized carbons (Fsp3) is 1.00. The van der Waals surface area contributed by atoms with E-state index in [1.165, 1.54) is 6.42 Å². The van der Waals surface area contributed by atoms with Crippen molar-refractivity contribution in [1.29, 1.82) is 0 Å².